The number of benzene rings is 1. The fourth-order valence-electron chi connectivity index (χ4n) is 1.14. The number of carbonyl (C=O) groups is 1. The molecule has 94 valence electrons. The zero-order valence-electron chi connectivity index (χ0n) is 9.23. The van der Waals surface area contributed by atoms with Gasteiger partial charge in [0.1, 0.15) is 0 Å². The Morgan fingerprint density at radius 2 is 2.06 bits per heavy atom. The molecule has 0 atom stereocenters. The van der Waals surface area contributed by atoms with Crippen molar-refractivity contribution in [1.29, 1.82) is 0 Å². The third-order valence-electron chi connectivity index (χ3n) is 1.86. The first-order chi connectivity index (χ1) is 7.88. The quantitative estimate of drug-likeness (QED) is 0.785. The van der Waals surface area contributed by atoms with E-state index in [1.807, 2.05) is 6.07 Å². The molecule has 0 bridgehead atoms. The molecule has 0 radical (unpaired) electrons. The summed E-state index contributed by atoms with van der Waals surface area (Å²) in [5, 5.41) is 2.61. The highest BCUT2D eigenvalue weighted by molar-refractivity contribution is 9.10. The third-order valence-corrected chi connectivity index (χ3v) is 3.08. The molecular weight excluding hydrogens is 308 g/mol. The van der Waals surface area contributed by atoms with Crippen molar-refractivity contribution in [2.75, 3.05) is 19.3 Å². The lowest BCUT2D eigenvalue weighted by Crippen LogP contribution is -2.34. The zero-order chi connectivity index (χ0) is 12.9. The Morgan fingerprint density at radius 3 is 2.65 bits per heavy atom. The van der Waals surface area contributed by atoms with Crippen LogP contribution in [0.2, 0.25) is 0 Å². The molecule has 1 amide bonds. The fourth-order valence-corrected chi connectivity index (χ4v) is 2.02. The van der Waals surface area contributed by atoms with Crippen LogP contribution in [0.25, 0.3) is 0 Å². The molecule has 1 rings (SSSR count). The molecule has 0 heterocycles. The van der Waals surface area contributed by atoms with E-state index >= 15 is 0 Å². The summed E-state index contributed by atoms with van der Waals surface area (Å²) < 4.78 is 24.6. The Balaban J connectivity index is 2.41. The van der Waals surface area contributed by atoms with E-state index in [0.29, 0.717) is 5.56 Å². The normalized spacial score (nSPS) is 11.2. The minimum atomic E-state index is -3.20. The largest absolute Gasteiger partial charge is 0.351 e. The van der Waals surface area contributed by atoms with Crippen molar-refractivity contribution in [3.8, 4) is 0 Å². The maximum absolute atomic E-state index is 11.6. The number of hydrogen-bond donors (Lipinski definition) is 2. The first-order valence-corrected chi connectivity index (χ1v) is 7.55. The van der Waals surface area contributed by atoms with Crippen LogP contribution in [0, 0.1) is 0 Å². The van der Waals surface area contributed by atoms with Gasteiger partial charge in [0.25, 0.3) is 5.91 Å². The van der Waals surface area contributed by atoms with E-state index in [2.05, 4.69) is 26.0 Å². The van der Waals surface area contributed by atoms with Gasteiger partial charge in [-0.1, -0.05) is 22.0 Å². The minimum Gasteiger partial charge on any atom is -0.351 e. The van der Waals surface area contributed by atoms with E-state index in [4.69, 9.17) is 0 Å². The van der Waals surface area contributed by atoms with Crippen LogP contribution in [0.5, 0.6) is 0 Å². The van der Waals surface area contributed by atoms with Gasteiger partial charge in [-0.3, -0.25) is 4.79 Å². The van der Waals surface area contributed by atoms with Crippen LogP contribution < -0.4 is 10.0 Å². The van der Waals surface area contributed by atoms with Gasteiger partial charge in [0, 0.05) is 23.1 Å². The van der Waals surface area contributed by atoms with Gasteiger partial charge in [-0.05, 0) is 18.2 Å². The van der Waals surface area contributed by atoms with E-state index < -0.39 is 10.0 Å². The Labute approximate surface area is 109 Å². The van der Waals surface area contributed by atoms with Crippen molar-refractivity contribution in [1.82, 2.24) is 10.0 Å². The average molecular weight is 321 g/mol. The summed E-state index contributed by atoms with van der Waals surface area (Å²) in [6.07, 6.45) is 1.07. The predicted molar refractivity (Wildman–Crippen MR) is 69.3 cm³/mol. The van der Waals surface area contributed by atoms with Crippen LogP contribution in [-0.4, -0.2) is 33.7 Å². The van der Waals surface area contributed by atoms with Gasteiger partial charge in [0.2, 0.25) is 10.0 Å². The molecule has 0 fully saturated rings. The molecule has 5 nitrogen and oxygen atoms in total. The van der Waals surface area contributed by atoms with E-state index in [9.17, 15) is 13.2 Å². The second-order valence-electron chi connectivity index (χ2n) is 3.43. The molecule has 0 aliphatic carbocycles. The summed E-state index contributed by atoms with van der Waals surface area (Å²) in [6, 6.07) is 6.96. The number of hydrogen-bond acceptors (Lipinski definition) is 3. The van der Waals surface area contributed by atoms with Gasteiger partial charge in [0.15, 0.2) is 0 Å². The van der Waals surface area contributed by atoms with Crippen molar-refractivity contribution >= 4 is 31.9 Å². The van der Waals surface area contributed by atoms with Gasteiger partial charge in [-0.2, -0.15) is 0 Å². The van der Waals surface area contributed by atoms with Gasteiger partial charge in [-0.25, -0.2) is 13.1 Å². The molecule has 2 N–H and O–H groups in total. The molecule has 0 saturated heterocycles. The topological polar surface area (TPSA) is 75.3 Å². The van der Waals surface area contributed by atoms with Crippen LogP contribution in [0.1, 0.15) is 10.4 Å². The summed E-state index contributed by atoms with van der Waals surface area (Å²) in [4.78, 5) is 11.6. The standard InChI is InChI=1S/C10H13BrN2O3S/c1-17(15,16)13-6-5-12-10(14)8-3-2-4-9(11)7-8/h2-4,7,13H,5-6H2,1H3,(H,12,14). The second-order valence-corrected chi connectivity index (χ2v) is 6.18. The Kier molecular flexibility index (Phi) is 5.10. The van der Waals surface area contributed by atoms with Gasteiger partial charge in [-0.15, -0.1) is 0 Å². The third kappa shape index (κ3) is 5.81. The SMILES string of the molecule is CS(=O)(=O)NCCNC(=O)c1cccc(Br)c1. The second kappa shape index (κ2) is 6.13. The van der Waals surface area contributed by atoms with E-state index in [1.54, 1.807) is 18.2 Å². The summed E-state index contributed by atoms with van der Waals surface area (Å²) in [6.45, 7) is 0.428. The lowest BCUT2D eigenvalue weighted by molar-refractivity contribution is 0.0954. The van der Waals surface area contributed by atoms with Crippen LogP contribution in [-0.2, 0) is 10.0 Å². The van der Waals surface area contributed by atoms with Crippen LogP contribution in [0.3, 0.4) is 0 Å². The summed E-state index contributed by atoms with van der Waals surface area (Å²) in [5.41, 5.74) is 0.527. The lowest BCUT2D eigenvalue weighted by Gasteiger charge is -2.05. The number of rotatable bonds is 5. The van der Waals surface area contributed by atoms with Gasteiger partial charge < -0.3 is 5.32 Å². The number of amides is 1. The van der Waals surface area contributed by atoms with Crippen molar-refractivity contribution in [3.05, 3.63) is 34.3 Å². The van der Waals surface area contributed by atoms with Gasteiger partial charge >= 0.3 is 0 Å². The molecule has 0 unspecified atom stereocenters. The monoisotopic (exact) mass is 320 g/mol. The van der Waals surface area contributed by atoms with Crippen LogP contribution in [0.4, 0.5) is 0 Å². The number of halogens is 1. The molecule has 17 heavy (non-hydrogen) atoms. The molecule has 0 aromatic heterocycles. The Hall–Kier alpha value is -0.920. The average Bonchev–Trinajstić information content (AvgIpc) is 2.23. The number of carbonyl (C=O) groups excluding carboxylic acids is 1. The van der Waals surface area contributed by atoms with Crippen molar-refractivity contribution < 1.29 is 13.2 Å². The molecule has 0 saturated carbocycles. The highest BCUT2D eigenvalue weighted by Gasteiger charge is 2.05. The molecule has 7 heteroatoms. The van der Waals surface area contributed by atoms with Crippen molar-refractivity contribution in [2.24, 2.45) is 0 Å². The van der Waals surface area contributed by atoms with E-state index in [0.717, 1.165) is 10.7 Å². The van der Waals surface area contributed by atoms with Crippen molar-refractivity contribution in [3.63, 3.8) is 0 Å². The first-order valence-electron chi connectivity index (χ1n) is 4.87. The lowest BCUT2D eigenvalue weighted by atomic mass is 10.2. The zero-order valence-corrected chi connectivity index (χ0v) is 11.6. The smallest absolute Gasteiger partial charge is 0.251 e. The van der Waals surface area contributed by atoms with Gasteiger partial charge in [0.05, 0.1) is 6.26 Å². The summed E-state index contributed by atoms with van der Waals surface area (Å²) >= 11 is 3.27. The summed E-state index contributed by atoms with van der Waals surface area (Å²) in [5.74, 6) is -0.235. The molecule has 0 spiro atoms. The molecule has 0 aliphatic rings. The minimum absolute atomic E-state index is 0.179. The maximum atomic E-state index is 11.6. The maximum Gasteiger partial charge on any atom is 0.251 e. The summed E-state index contributed by atoms with van der Waals surface area (Å²) in [7, 11) is -3.20. The molecule has 0 aliphatic heterocycles. The van der Waals surface area contributed by atoms with E-state index in [1.165, 1.54) is 0 Å². The first kappa shape index (κ1) is 14.1. The van der Waals surface area contributed by atoms with Crippen LogP contribution in [0.15, 0.2) is 28.7 Å². The molecule has 1 aromatic rings. The fraction of sp³-hybridized carbons (Fsp3) is 0.300. The number of nitrogens with one attached hydrogen (secondary N) is 2. The number of sulfonamides is 1. The molecule has 1 aromatic carbocycles. The Morgan fingerprint density at radius 1 is 1.35 bits per heavy atom. The molecular formula is C10H13BrN2O3S. The Bertz CT molecular complexity index is 502. The highest BCUT2D eigenvalue weighted by Crippen LogP contribution is 2.11. The van der Waals surface area contributed by atoms with Crippen molar-refractivity contribution in [2.45, 2.75) is 0 Å². The van der Waals surface area contributed by atoms with Crippen LogP contribution >= 0.6 is 15.9 Å². The predicted octanol–water partition coefficient (Wildman–Crippen LogP) is 0.728. The van der Waals surface area contributed by atoms with E-state index in [-0.39, 0.29) is 19.0 Å². The highest BCUT2D eigenvalue weighted by atomic mass is 79.9.